The number of piperazine rings is 1. The molecule has 0 aromatic heterocycles. The van der Waals surface area contributed by atoms with E-state index >= 15 is 0 Å². The van der Waals surface area contributed by atoms with Gasteiger partial charge in [0.05, 0.1) is 6.04 Å². The van der Waals surface area contributed by atoms with Crippen molar-refractivity contribution in [2.45, 2.75) is 12.5 Å². The maximum absolute atomic E-state index is 13.4. The zero-order valence-electron chi connectivity index (χ0n) is 17.6. The van der Waals surface area contributed by atoms with Gasteiger partial charge in [0.15, 0.2) is 0 Å². The van der Waals surface area contributed by atoms with E-state index in [0.29, 0.717) is 6.42 Å². The Bertz CT molecular complexity index is 866. The van der Waals surface area contributed by atoms with Gasteiger partial charge in [0.25, 0.3) is 0 Å². The van der Waals surface area contributed by atoms with E-state index in [9.17, 15) is 18.4 Å². The number of halogens is 2. The Balaban J connectivity index is 1.53. The number of carbonyl (C=O) groups excluding carboxylic acids is 2. The lowest BCUT2D eigenvalue weighted by molar-refractivity contribution is -0.139. The molecule has 2 amide bonds. The number of nitrogens with zero attached hydrogens (tertiary/aromatic N) is 2. The van der Waals surface area contributed by atoms with Gasteiger partial charge in [-0.15, -0.1) is 0 Å². The second kappa shape index (κ2) is 11.0. The van der Waals surface area contributed by atoms with Crippen LogP contribution in [0.2, 0.25) is 0 Å². The number of hydrogen-bond donors (Lipinski definition) is 2. The van der Waals surface area contributed by atoms with Gasteiger partial charge in [-0.3, -0.25) is 14.5 Å². The van der Waals surface area contributed by atoms with Crippen LogP contribution in [0.25, 0.3) is 0 Å². The summed E-state index contributed by atoms with van der Waals surface area (Å²) in [4.78, 5) is 28.9. The van der Waals surface area contributed by atoms with E-state index in [0.717, 1.165) is 37.3 Å². The summed E-state index contributed by atoms with van der Waals surface area (Å²) in [6.45, 7) is 3.96. The van der Waals surface area contributed by atoms with Crippen LogP contribution in [0.15, 0.2) is 48.5 Å². The first kappa shape index (κ1) is 22.8. The maximum atomic E-state index is 13.4. The van der Waals surface area contributed by atoms with Crippen molar-refractivity contribution in [3.8, 4) is 0 Å². The summed E-state index contributed by atoms with van der Waals surface area (Å²) in [5, 5.41) is 5.30. The number of nitrogens with one attached hydrogen (secondary N) is 2. The summed E-state index contributed by atoms with van der Waals surface area (Å²) < 4.78 is 26.3. The molecule has 0 bridgehead atoms. The fourth-order valence-electron chi connectivity index (χ4n) is 3.60. The van der Waals surface area contributed by atoms with Gasteiger partial charge in [0.1, 0.15) is 11.6 Å². The number of carbonyl (C=O) groups is 2. The minimum Gasteiger partial charge on any atom is -0.348 e. The number of rotatable bonds is 7. The van der Waals surface area contributed by atoms with Crippen LogP contribution in [-0.4, -0.2) is 67.9 Å². The van der Waals surface area contributed by atoms with Gasteiger partial charge in [-0.2, -0.15) is 0 Å². The van der Waals surface area contributed by atoms with E-state index in [2.05, 4.69) is 27.5 Å². The Morgan fingerprint density at radius 3 is 2.03 bits per heavy atom. The molecule has 1 unspecified atom stereocenters. The molecule has 0 aliphatic carbocycles. The highest BCUT2D eigenvalue weighted by atomic mass is 19.1. The lowest BCUT2D eigenvalue weighted by atomic mass is 10.0. The average molecular weight is 430 g/mol. The molecule has 1 aliphatic rings. The maximum Gasteiger partial charge on any atom is 0.309 e. The van der Waals surface area contributed by atoms with Crippen molar-refractivity contribution < 1.29 is 18.4 Å². The molecule has 2 N–H and O–H groups in total. The zero-order valence-corrected chi connectivity index (χ0v) is 17.6. The Morgan fingerprint density at radius 2 is 1.42 bits per heavy atom. The van der Waals surface area contributed by atoms with E-state index in [4.69, 9.17) is 0 Å². The van der Waals surface area contributed by atoms with Gasteiger partial charge >= 0.3 is 11.8 Å². The van der Waals surface area contributed by atoms with Crippen molar-refractivity contribution in [3.05, 3.63) is 71.3 Å². The largest absolute Gasteiger partial charge is 0.348 e. The quantitative estimate of drug-likeness (QED) is 0.657. The topological polar surface area (TPSA) is 64.7 Å². The van der Waals surface area contributed by atoms with Crippen LogP contribution in [0.1, 0.15) is 17.2 Å². The molecule has 2 aromatic rings. The molecule has 166 valence electrons. The molecule has 1 saturated heterocycles. The molecule has 1 fully saturated rings. The van der Waals surface area contributed by atoms with E-state index in [-0.39, 0.29) is 30.8 Å². The summed E-state index contributed by atoms with van der Waals surface area (Å²) >= 11 is 0. The third-order valence-electron chi connectivity index (χ3n) is 5.51. The van der Waals surface area contributed by atoms with E-state index < -0.39 is 11.8 Å². The van der Waals surface area contributed by atoms with E-state index in [1.165, 1.54) is 24.3 Å². The fraction of sp³-hybridized carbons (Fsp3) is 0.391. The predicted molar refractivity (Wildman–Crippen MR) is 114 cm³/mol. The van der Waals surface area contributed by atoms with Gasteiger partial charge < -0.3 is 15.5 Å². The first-order chi connectivity index (χ1) is 14.9. The Kier molecular flexibility index (Phi) is 8.08. The van der Waals surface area contributed by atoms with Crippen molar-refractivity contribution in [1.29, 1.82) is 0 Å². The summed E-state index contributed by atoms with van der Waals surface area (Å²) in [5.74, 6) is -2.05. The Morgan fingerprint density at radius 1 is 0.871 bits per heavy atom. The minimum atomic E-state index is -0.710. The molecule has 31 heavy (non-hydrogen) atoms. The zero-order chi connectivity index (χ0) is 22.2. The van der Waals surface area contributed by atoms with Crippen LogP contribution in [0.5, 0.6) is 0 Å². The molecule has 2 aromatic carbocycles. The molecule has 8 heteroatoms. The van der Waals surface area contributed by atoms with Gasteiger partial charge in [0.2, 0.25) is 0 Å². The molecule has 0 saturated carbocycles. The number of likely N-dealkylation sites (N-methyl/N-ethyl adjacent to an activating group) is 1. The summed E-state index contributed by atoms with van der Waals surface area (Å²) in [6, 6.07) is 12.1. The minimum absolute atomic E-state index is 0.148. The molecule has 1 atom stereocenters. The average Bonchev–Trinajstić information content (AvgIpc) is 2.77. The van der Waals surface area contributed by atoms with Crippen LogP contribution in [0.3, 0.4) is 0 Å². The highest BCUT2D eigenvalue weighted by Crippen LogP contribution is 2.22. The number of hydrogen-bond acceptors (Lipinski definition) is 4. The monoisotopic (exact) mass is 430 g/mol. The molecule has 0 radical (unpaired) electrons. The lowest BCUT2D eigenvalue weighted by Crippen LogP contribution is -2.49. The second-order valence-electron chi connectivity index (χ2n) is 7.75. The third kappa shape index (κ3) is 6.83. The molecule has 6 nitrogen and oxygen atoms in total. The highest BCUT2D eigenvalue weighted by molar-refractivity contribution is 6.35. The van der Waals surface area contributed by atoms with Crippen molar-refractivity contribution in [2.75, 3.05) is 46.3 Å². The van der Waals surface area contributed by atoms with Crippen LogP contribution >= 0.6 is 0 Å². The molecule has 0 spiro atoms. The van der Waals surface area contributed by atoms with Crippen molar-refractivity contribution >= 4 is 11.8 Å². The Hall–Kier alpha value is -2.84. The fourth-order valence-corrected chi connectivity index (χ4v) is 3.60. The predicted octanol–water partition coefficient (Wildman–Crippen LogP) is 1.73. The normalized spacial score (nSPS) is 16.0. The lowest BCUT2D eigenvalue weighted by Gasteiger charge is -2.38. The van der Waals surface area contributed by atoms with Gasteiger partial charge in [-0.05, 0) is 48.9 Å². The van der Waals surface area contributed by atoms with E-state index in [1.807, 2.05) is 0 Å². The first-order valence-electron chi connectivity index (χ1n) is 10.4. The summed E-state index contributed by atoms with van der Waals surface area (Å²) in [5.41, 5.74) is 1.76. The Labute approximate surface area is 181 Å². The smallest absolute Gasteiger partial charge is 0.309 e. The molecular weight excluding hydrogens is 402 g/mol. The van der Waals surface area contributed by atoms with Gasteiger partial charge in [0, 0.05) is 39.3 Å². The molecule has 1 aliphatic heterocycles. The molecule has 3 rings (SSSR count). The van der Waals surface area contributed by atoms with E-state index in [1.54, 1.807) is 24.3 Å². The van der Waals surface area contributed by atoms with Crippen molar-refractivity contribution in [2.24, 2.45) is 0 Å². The highest BCUT2D eigenvalue weighted by Gasteiger charge is 2.25. The van der Waals surface area contributed by atoms with Crippen LogP contribution < -0.4 is 10.6 Å². The van der Waals surface area contributed by atoms with Crippen LogP contribution in [0, 0.1) is 11.6 Å². The third-order valence-corrected chi connectivity index (χ3v) is 5.51. The molecule has 1 heterocycles. The van der Waals surface area contributed by atoms with Crippen LogP contribution in [-0.2, 0) is 16.0 Å². The number of amides is 2. The van der Waals surface area contributed by atoms with Crippen molar-refractivity contribution in [1.82, 2.24) is 20.4 Å². The summed E-state index contributed by atoms with van der Waals surface area (Å²) in [6.07, 6.45) is 0.499. The van der Waals surface area contributed by atoms with Gasteiger partial charge in [-0.25, -0.2) is 8.78 Å². The SMILES string of the molecule is CN1CCN(C(CNC(=O)C(=O)NCCc2ccc(F)cc2)c2ccc(F)cc2)CC1. The van der Waals surface area contributed by atoms with Crippen LogP contribution in [0.4, 0.5) is 8.78 Å². The second-order valence-corrected chi connectivity index (χ2v) is 7.75. The van der Waals surface area contributed by atoms with Gasteiger partial charge in [-0.1, -0.05) is 24.3 Å². The standard InChI is InChI=1S/C23H28F2N4O2/c1-28-12-14-29(15-13-28)21(18-4-8-20(25)9-5-18)16-27-23(31)22(30)26-11-10-17-2-6-19(24)7-3-17/h2-9,21H,10-16H2,1H3,(H,26,30)(H,27,31). The number of benzene rings is 2. The molecular formula is C23H28F2N4O2. The first-order valence-corrected chi connectivity index (χ1v) is 10.4. The summed E-state index contributed by atoms with van der Waals surface area (Å²) in [7, 11) is 2.06. The van der Waals surface area contributed by atoms with Crippen molar-refractivity contribution in [3.63, 3.8) is 0 Å².